The smallest absolute Gasteiger partial charge is 0.350 e. The molecule has 22 heavy (non-hydrogen) atoms. The Bertz CT molecular complexity index is 754. The molecule has 1 aromatic heterocycles. The minimum atomic E-state index is -0.485. The molecule has 0 aliphatic carbocycles. The average Bonchev–Trinajstić information content (AvgIpc) is 3.00. The predicted octanol–water partition coefficient (Wildman–Crippen LogP) is 3.06. The quantitative estimate of drug-likeness (QED) is 0.695. The van der Waals surface area contributed by atoms with Gasteiger partial charge in [0.15, 0.2) is 0 Å². The Balaban J connectivity index is 2.04. The highest BCUT2D eigenvalue weighted by atomic mass is 32.1. The summed E-state index contributed by atoms with van der Waals surface area (Å²) >= 11 is 1.20. The van der Waals surface area contributed by atoms with Crippen LogP contribution in [-0.2, 0) is 9.53 Å². The number of esters is 1. The van der Waals surface area contributed by atoms with E-state index in [1.807, 2.05) is 6.07 Å². The molecule has 1 amide bonds. The minimum absolute atomic E-state index is 0.350. The molecule has 0 saturated carbocycles. The van der Waals surface area contributed by atoms with Crippen molar-refractivity contribution in [1.29, 1.82) is 5.26 Å². The number of amides is 1. The van der Waals surface area contributed by atoms with Crippen LogP contribution in [0.4, 0.5) is 5.69 Å². The molecular weight excluding hydrogens is 300 g/mol. The number of benzene rings is 1. The van der Waals surface area contributed by atoms with Crippen molar-refractivity contribution < 1.29 is 14.3 Å². The number of nitrogens with zero attached hydrogens (tertiary/aromatic N) is 1. The molecule has 1 N–H and O–H groups in total. The van der Waals surface area contributed by atoms with Gasteiger partial charge in [-0.2, -0.15) is 5.26 Å². The lowest BCUT2D eigenvalue weighted by atomic mass is 10.1. The maximum Gasteiger partial charge on any atom is 0.350 e. The molecular formula is C16H12N2O3S. The molecule has 0 aliphatic heterocycles. The number of thiophene rings is 1. The van der Waals surface area contributed by atoms with Gasteiger partial charge in [0.2, 0.25) is 5.91 Å². The average molecular weight is 312 g/mol. The van der Waals surface area contributed by atoms with Gasteiger partial charge in [-0.05, 0) is 35.2 Å². The first kappa shape index (κ1) is 15.5. The van der Waals surface area contributed by atoms with E-state index in [0.29, 0.717) is 16.1 Å². The maximum atomic E-state index is 11.9. The van der Waals surface area contributed by atoms with E-state index >= 15 is 0 Å². The number of carbonyl (C=O) groups excluding carboxylic acids is 2. The molecule has 0 saturated heterocycles. The van der Waals surface area contributed by atoms with Gasteiger partial charge < -0.3 is 10.1 Å². The second kappa shape index (κ2) is 7.20. The third kappa shape index (κ3) is 3.81. The molecule has 2 rings (SSSR count). The topological polar surface area (TPSA) is 79.2 Å². The summed E-state index contributed by atoms with van der Waals surface area (Å²) < 4.78 is 4.64. The van der Waals surface area contributed by atoms with Crippen molar-refractivity contribution >= 4 is 35.0 Å². The Morgan fingerprint density at radius 1 is 1.27 bits per heavy atom. The van der Waals surface area contributed by atoms with Crippen molar-refractivity contribution in [3.05, 3.63) is 57.8 Å². The van der Waals surface area contributed by atoms with Crippen molar-refractivity contribution in [2.75, 3.05) is 12.4 Å². The van der Waals surface area contributed by atoms with E-state index in [1.165, 1.54) is 24.5 Å². The molecule has 2 aromatic rings. The summed E-state index contributed by atoms with van der Waals surface area (Å²) in [5.41, 5.74) is 1.78. The van der Waals surface area contributed by atoms with Gasteiger partial charge >= 0.3 is 5.97 Å². The minimum Gasteiger partial charge on any atom is -0.465 e. The normalized spacial score (nSPS) is 10.2. The maximum absolute atomic E-state index is 11.9. The Hall–Kier alpha value is -2.91. The van der Waals surface area contributed by atoms with Gasteiger partial charge in [0.05, 0.1) is 24.4 Å². The van der Waals surface area contributed by atoms with E-state index in [1.54, 1.807) is 41.8 Å². The number of hydrogen-bond acceptors (Lipinski definition) is 5. The van der Waals surface area contributed by atoms with Crippen LogP contribution in [0.1, 0.15) is 20.8 Å². The number of ether oxygens (including phenoxy) is 1. The van der Waals surface area contributed by atoms with Crippen molar-refractivity contribution in [3.8, 4) is 6.07 Å². The van der Waals surface area contributed by atoms with Crippen LogP contribution in [0.25, 0.3) is 6.08 Å². The van der Waals surface area contributed by atoms with Gasteiger partial charge in [0.25, 0.3) is 0 Å². The zero-order valence-corrected chi connectivity index (χ0v) is 12.5. The van der Waals surface area contributed by atoms with Crippen LogP contribution < -0.4 is 5.32 Å². The van der Waals surface area contributed by atoms with Gasteiger partial charge in [0, 0.05) is 6.08 Å². The van der Waals surface area contributed by atoms with E-state index in [4.69, 9.17) is 5.26 Å². The number of nitrogens with one attached hydrogen (secondary N) is 1. The number of methoxy groups -OCH3 is 1. The van der Waals surface area contributed by atoms with Crippen LogP contribution in [0.2, 0.25) is 0 Å². The number of carbonyl (C=O) groups is 2. The van der Waals surface area contributed by atoms with E-state index in [0.717, 1.165) is 5.56 Å². The summed E-state index contributed by atoms with van der Waals surface area (Å²) in [6, 6.07) is 10.5. The molecule has 0 unspecified atom stereocenters. The zero-order chi connectivity index (χ0) is 15.9. The Labute approximate surface area is 131 Å². The van der Waals surface area contributed by atoms with Crippen LogP contribution in [0.15, 0.2) is 41.8 Å². The van der Waals surface area contributed by atoms with E-state index in [9.17, 15) is 9.59 Å². The fourth-order valence-corrected chi connectivity index (χ4v) is 2.44. The Kier molecular flexibility index (Phi) is 5.07. The monoisotopic (exact) mass is 312 g/mol. The molecule has 0 fully saturated rings. The van der Waals surface area contributed by atoms with Crippen molar-refractivity contribution in [3.63, 3.8) is 0 Å². The van der Waals surface area contributed by atoms with E-state index in [2.05, 4.69) is 10.1 Å². The van der Waals surface area contributed by atoms with E-state index in [-0.39, 0.29) is 5.91 Å². The van der Waals surface area contributed by atoms with Gasteiger partial charge in [-0.15, -0.1) is 11.3 Å². The van der Waals surface area contributed by atoms with Crippen LogP contribution in [-0.4, -0.2) is 19.0 Å². The summed E-state index contributed by atoms with van der Waals surface area (Å²) in [5, 5.41) is 13.0. The highest BCUT2D eigenvalue weighted by Crippen LogP contribution is 2.23. The first-order valence-corrected chi connectivity index (χ1v) is 7.17. The van der Waals surface area contributed by atoms with Crippen molar-refractivity contribution in [2.45, 2.75) is 0 Å². The van der Waals surface area contributed by atoms with Crippen LogP contribution in [0.5, 0.6) is 0 Å². The van der Waals surface area contributed by atoms with Gasteiger partial charge in [-0.1, -0.05) is 12.1 Å². The summed E-state index contributed by atoms with van der Waals surface area (Å²) in [5.74, 6) is -0.839. The first-order chi connectivity index (χ1) is 10.6. The predicted molar refractivity (Wildman–Crippen MR) is 84.5 cm³/mol. The lowest BCUT2D eigenvalue weighted by Gasteiger charge is -2.02. The van der Waals surface area contributed by atoms with Crippen LogP contribution in [0.3, 0.4) is 0 Å². The van der Waals surface area contributed by atoms with Crippen molar-refractivity contribution in [1.82, 2.24) is 0 Å². The number of nitriles is 1. The molecule has 0 spiro atoms. The van der Waals surface area contributed by atoms with Crippen LogP contribution in [0, 0.1) is 11.3 Å². The molecule has 5 nitrogen and oxygen atoms in total. The molecule has 0 atom stereocenters. The number of anilines is 1. The lowest BCUT2D eigenvalue weighted by Crippen LogP contribution is -2.10. The fourth-order valence-electron chi connectivity index (χ4n) is 1.67. The Morgan fingerprint density at radius 2 is 2.00 bits per heavy atom. The van der Waals surface area contributed by atoms with Crippen molar-refractivity contribution in [2.24, 2.45) is 0 Å². The summed E-state index contributed by atoms with van der Waals surface area (Å²) in [6.45, 7) is 0. The first-order valence-electron chi connectivity index (χ1n) is 6.29. The van der Waals surface area contributed by atoms with Gasteiger partial charge in [0.1, 0.15) is 4.88 Å². The van der Waals surface area contributed by atoms with Gasteiger partial charge in [-0.25, -0.2) is 4.79 Å². The highest BCUT2D eigenvalue weighted by molar-refractivity contribution is 7.12. The molecule has 0 radical (unpaired) electrons. The molecule has 110 valence electrons. The second-order valence-electron chi connectivity index (χ2n) is 4.21. The summed E-state index contributed by atoms with van der Waals surface area (Å²) in [4.78, 5) is 23.7. The largest absolute Gasteiger partial charge is 0.465 e. The summed E-state index contributed by atoms with van der Waals surface area (Å²) in [6.07, 6.45) is 2.99. The molecule has 1 aromatic carbocycles. The number of hydrogen-bond donors (Lipinski definition) is 1. The van der Waals surface area contributed by atoms with Crippen LogP contribution >= 0.6 is 11.3 Å². The molecule has 0 aliphatic rings. The molecule has 0 bridgehead atoms. The third-order valence-electron chi connectivity index (χ3n) is 2.76. The van der Waals surface area contributed by atoms with Gasteiger partial charge in [-0.3, -0.25) is 4.79 Å². The molecule has 1 heterocycles. The highest BCUT2D eigenvalue weighted by Gasteiger charge is 2.14. The van der Waals surface area contributed by atoms with E-state index < -0.39 is 5.97 Å². The SMILES string of the molecule is COC(=O)c1sccc1NC(=O)/C=C/c1ccc(C#N)cc1. The zero-order valence-electron chi connectivity index (χ0n) is 11.7. The summed E-state index contributed by atoms with van der Waals surface area (Å²) in [7, 11) is 1.29. The standard InChI is InChI=1S/C16H12N2O3S/c1-21-16(20)15-13(8-9-22-15)18-14(19)7-6-11-2-4-12(10-17)5-3-11/h2-9H,1H3,(H,18,19)/b7-6+. The number of rotatable bonds is 4. The Morgan fingerprint density at radius 3 is 2.64 bits per heavy atom. The second-order valence-corrected chi connectivity index (χ2v) is 5.13. The fraction of sp³-hybridized carbons (Fsp3) is 0.0625. The third-order valence-corrected chi connectivity index (χ3v) is 3.66. The lowest BCUT2D eigenvalue weighted by molar-refractivity contribution is -0.111. The molecule has 6 heteroatoms.